The third kappa shape index (κ3) is 1.84. The zero-order valence-corrected chi connectivity index (χ0v) is 9.80. The van der Waals surface area contributed by atoms with E-state index >= 15 is 0 Å². The van der Waals surface area contributed by atoms with Crippen molar-refractivity contribution in [2.24, 2.45) is 0 Å². The predicted molar refractivity (Wildman–Crippen MR) is 62.0 cm³/mol. The second-order valence-electron chi connectivity index (χ2n) is 2.79. The second kappa shape index (κ2) is 3.64. The summed E-state index contributed by atoms with van der Waals surface area (Å²) in [5.74, 6) is 5.45. The van der Waals surface area contributed by atoms with Crippen molar-refractivity contribution in [1.82, 2.24) is 0 Å². The third-order valence-electron chi connectivity index (χ3n) is 1.91. The van der Waals surface area contributed by atoms with Crippen molar-refractivity contribution >= 4 is 47.0 Å². The average Bonchev–Trinajstić information content (AvgIpc) is 2.55. The molecule has 2 aliphatic heterocycles. The van der Waals surface area contributed by atoms with Gasteiger partial charge in [-0.05, 0) is 6.92 Å². The van der Waals surface area contributed by atoms with Crippen molar-refractivity contribution in [1.29, 1.82) is 0 Å². The Bertz CT molecular complexity index is 135. The molecule has 0 N–H and O–H groups in total. The summed E-state index contributed by atoms with van der Waals surface area (Å²) < 4.78 is 1.39. The third-order valence-corrected chi connectivity index (χ3v) is 9.41. The van der Waals surface area contributed by atoms with Gasteiger partial charge >= 0.3 is 0 Å². The maximum absolute atomic E-state index is 2.42. The molecule has 0 aromatic carbocycles. The molecule has 2 saturated heterocycles. The van der Waals surface area contributed by atoms with E-state index in [9.17, 15) is 0 Å². The van der Waals surface area contributed by atoms with E-state index in [0.29, 0.717) is 4.08 Å². The van der Waals surface area contributed by atoms with Gasteiger partial charge in [-0.2, -0.15) is 0 Å². The lowest BCUT2D eigenvalue weighted by atomic mass is 10.5. The van der Waals surface area contributed by atoms with Gasteiger partial charge in [0.05, 0.1) is 8.66 Å². The quantitative estimate of drug-likeness (QED) is 0.671. The summed E-state index contributed by atoms with van der Waals surface area (Å²) in [4.78, 5) is 0. The SMILES string of the molecule is CC1(C2SCCS2)SCCS1. The van der Waals surface area contributed by atoms with Gasteiger partial charge in [-0.25, -0.2) is 0 Å². The van der Waals surface area contributed by atoms with Gasteiger partial charge in [-0.15, -0.1) is 47.0 Å². The standard InChI is InChI=1S/C7H12S4/c1-7(10-4-5-11-7)6-8-2-3-9-6/h6H,2-5H2,1H3. The smallest absolute Gasteiger partial charge is 0.0792 e. The van der Waals surface area contributed by atoms with Gasteiger partial charge in [0.2, 0.25) is 0 Å². The highest BCUT2D eigenvalue weighted by atomic mass is 32.2. The van der Waals surface area contributed by atoms with E-state index in [0.717, 1.165) is 4.58 Å². The summed E-state index contributed by atoms with van der Waals surface area (Å²) in [6, 6.07) is 0. The molecule has 0 radical (unpaired) electrons. The van der Waals surface area contributed by atoms with Crippen LogP contribution in [0.5, 0.6) is 0 Å². The highest BCUT2D eigenvalue weighted by molar-refractivity contribution is 8.27. The van der Waals surface area contributed by atoms with Crippen molar-refractivity contribution in [2.75, 3.05) is 23.0 Å². The maximum atomic E-state index is 2.42. The fourth-order valence-corrected chi connectivity index (χ4v) is 8.31. The number of rotatable bonds is 1. The first kappa shape index (κ1) is 8.97. The molecule has 2 fully saturated rings. The Morgan fingerprint density at radius 2 is 1.55 bits per heavy atom. The summed E-state index contributed by atoms with van der Waals surface area (Å²) >= 11 is 8.65. The van der Waals surface area contributed by atoms with E-state index in [4.69, 9.17) is 0 Å². The second-order valence-corrected chi connectivity index (χ2v) is 8.86. The van der Waals surface area contributed by atoms with Crippen LogP contribution in [0.15, 0.2) is 0 Å². The molecule has 0 atom stereocenters. The maximum Gasteiger partial charge on any atom is 0.0792 e. The summed E-state index contributed by atoms with van der Waals surface area (Å²) in [6.45, 7) is 2.42. The molecule has 0 aromatic heterocycles. The van der Waals surface area contributed by atoms with Crippen LogP contribution in [0.2, 0.25) is 0 Å². The molecule has 0 bridgehead atoms. The summed E-state index contributed by atoms with van der Waals surface area (Å²) in [5, 5.41) is 0. The Labute approximate surface area is 85.4 Å². The first-order valence-corrected chi connectivity index (χ1v) is 7.89. The molecule has 0 amide bonds. The predicted octanol–water partition coefficient (Wildman–Crippen LogP) is 2.99. The molecule has 0 aromatic rings. The van der Waals surface area contributed by atoms with Gasteiger partial charge < -0.3 is 0 Å². The van der Waals surface area contributed by atoms with Crippen molar-refractivity contribution < 1.29 is 0 Å². The molecule has 4 heteroatoms. The van der Waals surface area contributed by atoms with Gasteiger partial charge in [0.15, 0.2) is 0 Å². The zero-order valence-electron chi connectivity index (χ0n) is 6.54. The Kier molecular flexibility index (Phi) is 2.97. The molecule has 0 aliphatic carbocycles. The Morgan fingerprint density at radius 1 is 1.00 bits per heavy atom. The number of hydrogen-bond donors (Lipinski definition) is 0. The Morgan fingerprint density at radius 3 is 2.09 bits per heavy atom. The van der Waals surface area contributed by atoms with Crippen molar-refractivity contribution in [3.63, 3.8) is 0 Å². The lowest BCUT2D eigenvalue weighted by Crippen LogP contribution is -2.22. The zero-order chi connectivity index (χ0) is 7.73. The molecule has 64 valence electrons. The van der Waals surface area contributed by atoms with E-state index in [1.807, 2.05) is 0 Å². The monoisotopic (exact) mass is 224 g/mol. The Balaban J connectivity index is 2.00. The molecule has 2 aliphatic rings. The van der Waals surface area contributed by atoms with Gasteiger partial charge in [-0.3, -0.25) is 0 Å². The van der Waals surface area contributed by atoms with Crippen molar-refractivity contribution in [2.45, 2.75) is 15.6 Å². The van der Waals surface area contributed by atoms with Crippen LogP contribution in [0.3, 0.4) is 0 Å². The fraction of sp³-hybridized carbons (Fsp3) is 1.00. The van der Waals surface area contributed by atoms with Crippen LogP contribution in [-0.4, -0.2) is 31.7 Å². The minimum absolute atomic E-state index is 0.534. The van der Waals surface area contributed by atoms with E-state index in [2.05, 4.69) is 54.0 Å². The van der Waals surface area contributed by atoms with E-state index in [-0.39, 0.29) is 0 Å². The van der Waals surface area contributed by atoms with E-state index in [1.54, 1.807) is 0 Å². The minimum Gasteiger partial charge on any atom is -0.144 e. The largest absolute Gasteiger partial charge is 0.144 e. The first-order valence-electron chi connectivity index (χ1n) is 3.82. The Hall–Kier alpha value is 1.40. The highest BCUT2D eigenvalue weighted by Crippen LogP contribution is 2.55. The molecule has 0 spiro atoms. The molecular weight excluding hydrogens is 212 g/mol. The lowest BCUT2D eigenvalue weighted by Gasteiger charge is -2.27. The molecule has 0 unspecified atom stereocenters. The summed E-state index contributed by atoms with van der Waals surface area (Å²) in [5.41, 5.74) is 0. The van der Waals surface area contributed by atoms with Crippen LogP contribution < -0.4 is 0 Å². The molecule has 2 heterocycles. The molecule has 0 saturated carbocycles. The molecular formula is C7H12S4. The van der Waals surface area contributed by atoms with E-state index < -0.39 is 0 Å². The van der Waals surface area contributed by atoms with Gasteiger partial charge in [0, 0.05) is 23.0 Å². The van der Waals surface area contributed by atoms with Gasteiger partial charge in [0.1, 0.15) is 0 Å². The van der Waals surface area contributed by atoms with Crippen LogP contribution in [0.4, 0.5) is 0 Å². The lowest BCUT2D eigenvalue weighted by molar-refractivity contribution is 1.02. The van der Waals surface area contributed by atoms with Gasteiger partial charge in [-0.1, -0.05) is 0 Å². The fourth-order valence-electron chi connectivity index (χ4n) is 1.33. The first-order chi connectivity index (χ1) is 5.31. The molecule has 2 rings (SSSR count). The highest BCUT2D eigenvalue weighted by Gasteiger charge is 2.41. The minimum atomic E-state index is 0.534. The van der Waals surface area contributed by atoms with Crippen molar-refractivity contribution in [3.05, 3.63) is 0 Å². The number of thioether (sulfide) groups is 4. The average molecular weight is 224 g/mol. The van der Waals surface area contributed by atoms with Crippen LogP contribution in [0, 0.1) is 0 Å². The van der Waals surface area contributed by atoms with Crippen LogP contribution in [0.25, 0.3) is 0 Å². The summed E-state index contributed by atoms with van der Waals surface area (Å²) in [6.07, 6.45) is 0. The van der Waals surface area contributed by atoms with Crippen molar-refractivity contribution in [3.8, 4) is 0 Å². The number of hydrogen-bond acceptors (Lipinski definition) is 4. The van der Waals surface area contributed by atoms with Crippen LogP contribution >= 0.6 is 47.0 Å². The van der Waals surface area contributed by atoms with E-state index in [1.165, 1.54) is 23.0 Å². The topological polar surface area (TPSA) is 0 Å². The molecule has 0 nitrogen and oxygen atoms in total. The van der Waals surface area contributed by atoms with Gasteiger partial charge in [0.25, 0.3) is 0 Å². The molecule has 11 heavy (non-hydrogen) atoms. The van der Waals surface area contributed by atoms with Crippen LogP contribution in [0.1, 0.15) is 6.92 Å². The van der Waals surface area contributed by atoms with Crippen LogP contribution in [-0.2, 0) is 0 Å². The summed E-state index contributed by atoms with van der Waals surface area (Å²) in [7, 11) is 0. The normalized spacial score (nSPS) is 31.4.